The van der Waals surface area contributed by atoms with E-state index < -0.39 is 0 Å². The Hall–Kier alpha value is -3.32. The number of aryl methyl sites for hydroxylation is 1. The van der Waals surface area contributed by atoms with E-state index in [0.29, 0.717) is 0 Å². The molecule has 0 aromatic heterocycles. The molecule has 4 rings (SSSR count). The van der Waals surface area contributed by atoms with Crippen LogP contribution in [-0.2, 0) is 6.42 Å². The van der Waals surface area contributed by atoms with Crippen LogP contribution in [0.4, 0.5) is 0 Å². The highest BCUT2D eigenvalue weighted by Crippen LogP contribution is 2.30. The number of rotatable bonds is 5. The molecule has 29 heavy (non-hydrogen) atoms. The highest BCUT2D eigenvalue weighted by molar-refractivity contribution is 5.74. The zero-order valence-corrected chi connectivity index (χ0v) is 16.9. The molecular formula is C28H27N. The molecule has 0 spiro atoms. The van der Waals surface area contributed by atoms with Gasteiger partial charge in [0.15, 0.2) is 0 Å². The van der Waals surface area contributed by atoms with Crippen LogP contribution in [0.1, 0.15) is 29.5 Å². The lowest BCUT2D eigenvalue weighted by molar-refractivity contribution is 1.01. The smallest absolute Gasteiger partial charge is 0.0422 e. The average Bonchev–Trinajstić information content (AvgIpc) is 2.77. The first kappa shape index (κ1) is 19.0. The third-order valence-electron chi connectivity index (χ3n) is 5.51. The molecule has 0 bridgehead atoms. The van der Waals surface area contributed by atoms with Crippen molar-refractivity contribution in [2.45, 2.75) is 26.2 Å². The van der Waals surface area contributed by atoms with Crippen LogP contribution in [-0.4, -0.2) is 0 Å². The fourth-order valence-corrected chi connectivity index (χ4v) is 3.79. The van der Waals surface area contributed by atoms with Gasteiger partial charge in [0.1, 0.15) is 0 Å². The van der Waals surface area contributed by atoms with Gasteiger partial charge >= 0.3 is 0 Å². The molecule has 0 unspecified atom stereocenters. The van der Waals surface area contributed by atoms with Crippen LogP contribution < -0.4 is 5.73 Å². The Bertz CT molecular complexity index is 1050. The third kappa shape index (κ3) is 4.57. The molecular weight excluding hydrogens is 350 g/mol. The number of nitrogens with two attached hydrogens (primary N) is 1. The molecule has 0 aliphatic heterocycles. The van der Waals surface area contributed by atoms with Gasteiger partial charge in [0.2, 0.25) is 0 Å². The summed E-state index contributed by atoms with van der Waals surface area (Å²) in [7, 11) is 0. The molecule has 0 saturated carbocycles. The summed E-state index contributed by atoms with van der Waals surface area (Å²) in [6.45, 7) is 2.11. The van der Waals surface area contributed by atoms with Gasteiger partial charge in [0, 0.05) is 5.70 Å². The molecule has 0 heterocycles. The third-order valence-corrected chi connectivity index (χ3v) is 5.51. The first-order valence-corrected chi connectivity index (χ1v) is 10.3. The molecule has 3 aromatic rings. The van der Waals surface area contributed by atoms with Crippen molar-refractivity contribution >= 4 is 5.57 Å². The van der Waals surface area contributed by atoms with Crippen LogP contribution in [0.25, 0.3) is 16.7 Å². The minimum Gasteiger partial charge on any atom is -0.398 e. The molecule has 1 aliphatic carbocycles. The van der Waals surface area contributed by atoms with Crippen LogP contribution in [0.15, 0.2) is 108 Å². The highest BCUT2D eigenvalue weighted by Gasteiger charge is 2.13. The van der Waals surface area contributed by atoms with Gasteiger partial charge in [-0.3, -0.25) is 0 Å². The van der Waals surface area contributed by atoms with Crippen molar-refractivity contribution in [3.8, 4) is 11.1 Å². The van der Waals surface area contributed by atoms with E-state index in [-0.39, 0.29) is 0 Å². The normalized spacial score (nSPS) is 14.3. The number of allylic oxidation sites excluding steroid dienone is 4. The summed E-state index contributed by atoms with van der Waals surface area (Å²) in [6, 6.07) is 28.0. The SMILES string of the molecule is Cc1ccc(C2=C(N)C(/C=C\Cc3ccc(-c4ccccc4)cc3)=CCC2)cc1. The largest absolute Gasteiger partial charge is 0.398 e. The summed E-state index contributed by atoms with van der Waals surface area (Å²) in [5.41, 5.74) is 16.2. The summed E-state index contributed by atoms with van der Waals surface area (Å²) >= 11 is 0. The topological polar surface area (TPSA) is 26.0 Å². The molecule has 1 aliphatic rings. The van der Waals surface area contributed by atoms with Crippen LogP contribution >= 0.6 is 0 Å². The molecule has 3 aromatic carbocycles. The Morgan fingerprint density at radius 1 is 0.793 bits per heavy atom. The zero-order valence-electron chi connectivity index (χ0n) is 16.9. The van der Waals surface area contributed by atoms with Crippen LogP contribution in [0, 0.1) is 6.92 Å². The lowest BCUT2D eigenvalue weighted by Crippen LogP contribution is -2.08. The van der Waals surface area contributed by atoms with Crippen molar-refractivity contribution in [1.82, 2.24) is 0 Å². The predicted octanol–water partition coefficient (Wildman–Crippen LogP) is 6.85. The van der Waals surface area contributed by atoms with E-state index >= 15 is 0 Å². The maximum Gasteiger partial charge on any atom is 0.0422 e. The van der Waals surface area contributed by atoms with E-state index in [1.54, 1.807) is 0 Å². The maximum absolute atomic E-state index is 6.52. The predicted molar refractivity (Wildman–Crippen MR) is 124 cm³/mol. The van der Waals surface area contributed by atoms with Gasteiger partial charge < -0.3 is 5.73 Å². The van der Waals surface area contributed by atoms with Gasteiger partial charge in [0.05, 0.1) is 0 Å². The Morgan fingerprint density at radius 3 is 2.17 bits per heavy atom. The quantitative estimate of drug-likeness (QED) is 0.517. The Kier molecular flexibility index (Phi) is 5.76. The van der Waals surface area contributed by atoms with Crippen molar-refractivity contribution in [1.29, 1.82) is 0 Å². The molecule has 0 amide bonds. The van der Waals surface area contributed by atoms with E-state index in [4.69, 9.17) is 5.73 Å². The van der Waals surface area contributed by atoms with E-state index in [1.807, 2.05) is 6.07 Å². The van der Waals surface area contributed by atoms with Gasteiger partial charge in [-0.15, -0.1) is 0 Å². The van der Waals surface area contributed by atoms with E-state index in [9.17, 15) is 0 Å². The van der Waals surface area contributed by atoms with Gasteiger partial charge in [-0.05, 0) is 59.6 Å². The van der Waals surface area contributed by atoms with Crippen LogP contribution in [0.3, 0.4) is 0 Å². The Balaban J connectivity index is 1.45. The van der Waals surface area contributed by atoms with Crippen molar-refractivity contribution < 1.29 is 0 Å². The molecule has 0 atom stereocenters. The molecule has 0 saturated heterocycles. The van der Waals surface area contributed by atoms with E-state index in [2.05, 4.69) is 97.9 Å². The summed E-state index contributed by atoms with van der Waals surface area (Å²) in [5.74, 6) is 0. The first-order valence-electron chi connectivity index (χ1n) is 10.3. The lowest BCUT2D eigenvalue weighted by Gasteiger charge is -2.18. The second-order valence-corrected chi connectivity index (χ2v) is 7.63. The van der Waals surface area contributed by atoms with Gasteiger partial charge in [-0.1, -0.05) is 103 Å². The summed E-state index contributed by atoms with van der Waals surface area (Å²) in [6.07, 6.45) is 9.59. The minimum atomic E-state index is 0.902. The van der Waals surface area contributed by atoms with Crippen molar-refractivity contribution in [3.63, 3.8) is 0 Å². The second kappa shape index (κ2) is 8.79. The first-order chi connectivity index (χ1) is 14.2. The minimum absolute atomic E-state index is 0.902. The maximum atomic E-state index is 6.52. The van der Waals surface area contributed by atoms with Crippen LogP contribution in [0.2, 0.25) is 0 Å². The van der Waals surface area contributed by atoms with E-state index in [1.165, 1.54) is 33.4 Å². The molecule has 0 fully saturated rings. The second-order valence-electron chi connectivity index (χ2n) is 7.63. The molecule has 2 N–H and O–H groups in total. The monoisotopic (exact) mass is 377 g/mol. The van der Waals surface area contributed by atoms with Gasteiger partial charge in [-0.2, -0.15) is 0 Å². The van der Waals surface area contributed by atoms with E-state index in [0.717, 1.165) is 30.5 Å². The van der Waals surface area contributed by atoms with Crippen molar-refractivity contribution in [3.05, 3.63) is 125 Å². The summed E-state index contributed by atoms with van der Waals surface area (Å²) < 4.78 is 0. The number of hydrogen-bond donors (Lipinski definition) is 1. The Labute approximate surface area is 173 Å². The molecule has 144 valence electrons. The highest BCUT2D eigenvalue weighted by atomic mass is 14.6. The van der Waals surface area contributed by atoms with Crippen LogP contribution in [0.5, 0.6) is 0 Å². The number of benzene rings is 3. The Morgan fingerprint density at radius 2 is 1.45 bits per heavy atom. The summed E-state index contributed by atoms with van der Waals surface area (Å²) in [4.78, 5) is 0. The number of hydrogen-bond acceptors (Lipinski definition) is 1. The van der Waals surface area contributed by atoms with Gasteiger partial charge in [-0.25, -0.2) is 0 Å². The fourth-order valence-electron chi connectivity index (χ4n) is 3.79. The lowest BCUT2D eigenvalue weighted by atomic mass is 9.90. The average molecular weight is 378 g/mol. The standard InChI is InChI=1S/C28H27N/c1-21-13-17-25(18-14-21)27-12-6-11-26(28(27)29)10-5-7-22-15-19-24(20-16-22)23-8-3-2-4-9-23/h2-5,8-11,13-20H,6-7,12,29H2,1H3/b10-5-. The van der Waals surface area contributed by atoms with Gasteiger partial charge in [0.25, 0.3) is 0 Å². The zero-order chi connectivity index (χ0) is 20.1. The molecule has 0 radical (unpaired) electrons. The van der Waals surface area contributed by atoms with Crippen molar-refractivity contribution in [2.75, 3.05) is 0 Å². The molecule has 1 heteroatoms. The van der Waals surface area contributed by atoms with Crippen molar-refractivity contribution in [2.24, 2.45) is 5.73 Å². The molecule has 1 nitrogen and oxygen atoms in total. The fraction of sp³-hybridized carbons (Fsp3) is 0.143. The summed E-state index contributed by atoms with van der Waals surface area (Å²) in [5, 5.41) is 0.